The quantitative estimate of drug-likeness (QED) is 0.796. The minimum absolute atomic E-state index is 0.180. The first-order valence-corrected chi connectivity index (χ1v) is 6.64. The molecule has 100 valence electrons. The fraction of sp³-hybridized carbons (Fsp3) is 0.750. The summed E-state index contributed by atoms with van der Waals surface area (Å²) in [7, 11) is 0. The largest absolute Gasteiger partial charge is 0.349 e. The Hall–Kier alpha value is -1.43. The lowest BCUT2D eigenvalue weighted by molar-refractivity contribution is 0.0937. The van der Waals surface area contributed by atoms with E-state index in [0.29, 0.717) is 12.5 Å². The van der Waals surface area contributed by atoms with Crippen LogP contribution in [0.5, 0.6) is 0 Å². The first kappa shape index (κ1) is 13.0. The van der Waals surface area contributed by atoms with E-state index in [1.54, 1.807) is 0 Å². The second kappa shape index (κ2) is 5.95. The van der Waals surface area contributed by atoms with Crippen LogP contribution in [0.2, 0.25) is 0 Å². The molecule has 0 aromatic carbocycles. The van der Waals surface area contributed by atoms with Crippen molar-refractivity contribution in [3.8, 4) is 0 Å². The average molecular weight is 251 g/mol. The van der Waals surface area contributed by atoms with E-state index in [-0.39, 0.29) is 11.7 Å². The molecule has 1 aromatic rings. The van der Waals surface area contributed by atoms with Gasteiger partial charge in [0.2, 0.25) is 5.82 Å². The second-order valence-corrected chi connectivity index (χ2v) is 4.72. The Labute approximate surface area is 107 Å². The maximum absolute atomic E-state index is 11.8. The Morgan fingerprint density at radius 2 is 2.39 bits per heavy atom. The molecule has 1 amide bonds. The Balaban J connectivity index is 1.78. The number of nitrogens with zero attached hydrogens (tertiary/aromatic N) is 3. The van der Waals surface area contributed by atoms with Crippen molar-refractivity contribution in [2.75, 3.05) is 26.2 Å². The first-order chi connectivity index (χ1) is 8.72. The number of carbonyl (C=O) groups is 1. The monoisotopic (exact) mass is 251 g/mol. The first-order valence-electron chi connectivity index (χ1n) is 6.64. The Morgan fingerprint density at radius 1 is 1.56 bits per heavy atom. The normalized spacial score (nSPS) is 20.2. The van der Waals surface area contributed by atoms with Crippen LogP contribution in [0.1, 0.15) is 36.7 Å². The molecule has 1 fully saturated rings. The number of rotatable bonds is 5. The van der Waals surface area contributed by atoms with Gasteiger partial charge in [0.05, 0.1) is 0 Å². The van der Waals surface area contributed by atoms with Gasteiger partial charge in [0.25, 0.3) is 5.91 Å². The molecular formula is C12H21N5O. The van der Waals surface area contributed by atoms with Gasteiger partial charge < -0.3 is 10.2 Å². The van der Waals surface area contributed by atoms with Gasteiger partial charge in [-0.3, -0.25) is 9.89 Å². The molecule has 1 unspecified atom stereocenters. The molecule has 1 aliphatic heterocycles. The molecule has 2 heterocycles. The predicted molar refractivity (Wildman–Crippen MR) is 68.3 cm³/mol. The third-order valence-electron chi connectivity index (χ3n) is 3.44. The molecule has 6 nitrogen and oxygen atoms in total. The number of H-pyrrole nitrogens is 1. The molecule has 0 aliphatic carbocycles. The van der Waals surface area contributed by atoms with Gasteiger partial charge >= 0.3 is 0 Å². The molecule has 6 heteroatoms. The van der Waals surface area contributed by atoms with E-state index in [1.165, 1.54) is 0 Å². The lowest BCUT2D eigenvalue weighted by Crippen LogP contribution is -2.31. The lowest BCUT2D eigenvalue weighted by atomic mass is 10.1. The van der Waals surface area contributed by atoms with Gasteiger partial charge in [0.1, 0.15) is 5.82 Å². The molecule has 0 saturated carbocycles. The number of aromatic amines is 1. The Bertz CT molecular complexity index is 403. The highest BCUT2D eigenvalue weighted by Gasteiger charge is 2.22. The van der Waals surface area contributed by atoms with Crippen molar-refractivity contribution in [3.63, 3.8) is 0 Å². The molecule has 2 rings (SSSR count). The van der Waals surface area contributed by atoms with Crippen LogP contribution in [0.3, 0.4) is 0 Å². The molecule has 1 saturated heterocycles. The van der Waals surface area contributed by atoms with Crippen LogP contribution >= 0.6 is 0 Å². The number of aryl methyl sites for hydroxylation is 1. The average Bonchev–Trinajstić information content (AvgIpc) is 3.04. The summed E-state index contributed by atoms with van der Waals surface area (Å²) in [5.41, 5.74) is 0. The fourth-order valence-electron chi connectivity index (χ4n) is 2.24. The molecule has 1 aliphatic rings. The van der Waals surface area contributed by atoms with Crippen molar-refractivity contribution in [2.24, 2.45) is 5.92 Å². The molecule has 0 spiro atoms. The standard InChI is InChI=1S/C12H21N5O/c1-3-10-14-11(16-15-10)12(18)13-7-9-5-6-17(4-2)8-9/h9H,3-8H2,1-2H3,(H,13,18)(H,14,15,16). The third-order valence-corrected chi connectivity index (χ3v) is 3.44. The van der Waals surface area contributed by atoms with Crippen molar-refractivity contribution in [1.29, 1.82) is 0 Å². The van der Waals surface area contributed by atoms with Gasteiger partial charge in [0.15, 0.2) is 0 Å². The van der Waals surface area contributed by atoms with Gasteiger partial charge in [-0.15, -0.1) is 5.10 Å². The number of likely N-dealkylation sites (tertiary alicyclic amines) is 1. The third kappa shape index (κ3) is 3.07. The highest BCUT2D eigenvalue weighted by molar-refractivity contribution is 5.90. The number of amides is 1. The van der Waals surface area contributed by atoms with E-state index < -0.39 is 0 Å². The van der Waals surface area contributed by atoms with E-state index in [0.717, 1.165) is 38.3 Å². The highest BCUT2D eigenvalue weighted by atomic mass is 16.2. The van der Waals surface area contributed by atoms with Crippen molar-refractivity contribution >= 4 is 5.91 Å². The van der Waals surface area contributed by atoms with Crippen LogP contribution in [-0.4, -0.2) is 52.2 Å². The molecular weight excluding hydrogens is 230 g/mol. The smallest absolute Gasteiger partial charge is 0.290 e. The lowest BCUT2D eigenvalue weighted by Gasteiger charge is -2.13. The van der Waals surface area contributed by atoms with Gasteiger partial charge in [0, 0.05) is 19.5 Å². The van der Waals surface area contributed by atoms with Crippen LogP contribution in [0.15, 0.2) is 0 Å². The van der Waals surface area contributed by atoms with Gasteiger partial charge in [-0.2, -0.15) is 0 Å². The Kier molecular flexibility index (Phi) is 4.30. The summed E-state index contributed by atoms with van der Waals surface area (Å²) in [4.78, 5) is 18.3. The SMILES string of the molecule is CCc1nc(C(=O)NCC2CCN(CC)C2)n[nH]1. The summed E-state index contributed by atoms with van der Waals surface area (Å²) in [5, 5.41) is 9.57. The Morgan fingerprint density at radius 3 is 3.00 bits per heavy atom. The molecule has 1 atom stereocenters. The molecule has 0 bridgehead atoms. The van der Waals surface area contributed by atoms with Gasteiger partial charge in [-0.1, -0.05) is 13.8 Å². The zero-order chi connectivity index (χ0) is 13.0. The van der Waals surface area contributed by atoms with E-state index in [1.807, 2.05) is 6.92 Å². The van der Waals surface area contributed by atoms with E-state index >= 15 is 0 Å². The highest BCUT2D eigenvalue weighted by Crippen LogP contribution is 2.14. The summed E-state index contributed by atoms with van der Waals surface area (Å²) in [6, 6.07) is 0. The van der Waals surface area contributed by atoms with E-state index in [4.69, 9.17) is 0 Å². The summed E-state index contributed by atoms with van der Waals surface area (Å²) < 4.78 is 0. The number of hydrogen-bond donors (Lipinski definition) is 2. The van der Waals surface area contributed by atoms with E-state index in [9.17, 15) is 4.79 Å². The van der Waals surface area contributed by atoms with E-state index in [2.05, 4.69) is 32.3 Å². The van der Waals surface area contributed by atoms with Crippen molar-refractivity contribution in [3.05, 3.63) is 11.6 Å². The summed E-state index contributed by atoms with van der Waals surface area (Å²) in [5.74, 6) is 1.37. The van der Waals surface area contributed by atoms with Crippen molar-refractivity contribution in [1.82, 2.24) is 25.4 Å². The minimum Gasteiger partial charge on any atom is -0.349 e. The zero-order valence-electron chi connectivity index (χ0n) is 11.1. The number of hydrogen-bond acceptors (Lipinski definition) is 4. The van der Waals surface area contributed by atoms with Crippen molar-refractivity contribution < 1.29 is 4.79 Å². The zero-order valence-corrected chi connectivity index (χ0v) is 11.1. The van der Waals surface area contributed by atoms with Crippen molar-refractivity contribution in [2.45, 2.75) is 26.7 Å². The summed E-state index contributed by atoms with van der Waals surface area (Å²) in [6.45, 7) is 8.15. The van der Waals surface area contributed by atoms with Crippen LogP contribution in [0.25, 0.3) is 0 Å². The van der Waals surface area contributed by atoms with Gasteiger partial charge in [-0.05, 0) is 25.4 Å². The fourth-order valence-corrected chi connectivity index (χ4v) is 2.24. The molecule has 0 radical (unpaired) electrons. The topological polar surface area (TPSA) is 73.9 Å². The van der Waals surface area contributed by atoms with Crippen LogP contribution < -0.4 is 5.32 Å². The minimum atomic E-state index is -0.180. The predicted octanol–water partition coefficient (Wildman–Crippen LogP) is 0.439. The van der Waals surface area contributed by atoms with Crippen LogP contribution in [-0.2, 0) is 6.42 Å². The van der Waals surface area contributed by atoms with Crippen LogP contribution in [0.4, 0.5) is 0 Å². The molecule has 2 N–H and O–H groups in total. The van der Waals surface area contributed by atoms with Gasteiger partial charge in [-0.25, -0.2) is 4.98 Å². The summed E-state index contributed by atoms with van der Waals surface area (Å²) in [6.07, 6.45) is 1.91. The second-order valence-electron chi connectivity index (χ2n) is 4.72. The number of nitrogens with one attached hydrogen (secondary N) is 2. The molecule has 18 heavy (non-hydrogen) atoms. The number of aromatic nitrogens is 3. The van der Waals surface area contributed by atoms with Crippen LogP contribution in [0, 0.1) is 5.92 Å². The maximum atomic E-state index is 11.8. The summed E-state index contributed by atoms with van der Waals surface area (Å²) >= 11 is 0. The maximum Gasteiger partial charge on any atom is 0.290 e. The number of carbonyl (C=O) groups excluding carboxylic acids is 1. The molecule has 1 aromatic heterocycles.